The Balaban J connectivity index is 1.45. The van der Waals surface area contributed by atoms with Crippen molar-refractivity contribution in [3.8, 4) is 0 Å². The van der Waals surface area contributed by atoms with Crippen LogP contribution in [0.15, 0.2) is 24.3 Å². The largest absolute Gasteiger partial charge is 0.481 e. The lowest BCUT2D eigenvalue weighted by Crippen LogP contribution is -2.38. The zero-order valence-corrected chi connectivity index (χ0v) is 15.6. The first kappa shape index (κ1) is 18.4. The van der Waals surface area contributed by atoms with Gasteiger partial charge in [-0.05, 0) is 31.7 Å². The lowest BCUT2D eigenvalue weighted by Gasteiger charge is -2.23. The van der Waals surface area contributed by atoms with Crippen molar-refractivity contribution in [2.24, 2.45) is 11.3 Å². The smallest absolute Gasteiger partial charge is 0.323 e. The number of hydrogen-bond donors (Lipinski definition) is 2. The van der Waals surface area contributed by atoms with Crippen LogP contribution in [0, 0.1) is 24.1 Å². The number of halogens is 1. The van der Waals surface area contributed by atoms with E-state index >= 15 is 0 Å². The maximum atomic E-state index is 13.9. The number of anilines is 1. The Morgan fingerprint density at radius 1 is 1.39 bits per heavy atom. The highest BCUT2D eigenvalue weighted by molar-refractivity contribution is 5.90. The summed E-state index contributed by atoms with van der Waals surface area (Å²) in [4.78, 5) is 26.0. The molecule has 2 aromatic rings. The number of carboxylic acids is 1. The van der Waals surface area contributed by atoms with Crippen molar-refractivity contribution in [3.05, 3.63) is 41.3 Å². The molecule has 8 nitrogen and oxygen atoms in total. The molecular formula is C19H22FN5O3. The highest BCUT2D eigenvalue weighted by Crippen LogP contribution is 2.48. The maximum Gasteiger partial charge on any atom is 0.323 e. The van der Waals surface area contributed by atoms with Gasteiger partial charge in [0.1, 0.15) is 5.82 Å². The summed E-state index contributed by atoms with van der Waals surface area (Å²) >= 11 is 0. The molecule has 1 saturated carbocycles. The Labute approximate surface area is 161 Å². The number of hydrogen-bond acceptors (Lipinski definition) is 4. The SMILES string of the molecule is Cc1c(NC(=O)N2C[C@@H]3CCC[C@@]3(C(=O)O)C2)nnn1Cc1ccccc1F. The minimum Gasteiger partial charge on any atom is -0.481 e. The average Bonchev–Trinajstić information content (AvgIpc) is 3.32. The van der Waals surface area contributed by atoms with E-state index in [0.717, 1.165) is 12.8 Å². The van der Waals surface area contributed by atoms with E-state index in [-0.39, 0.29) is 30.9 Å². The monoisotopic (exact) mass is 387 g/mol. The topological polar surface area (TPSA) is 100 Å². The lowest BCUT2D eigenvalue weighted by atomic mass is 9.81. The summed E-state index contributed by atoms with van der Waals surface area (Å²) in [7, 11) is 0. The third-order valence-corrected chi connectivity index (χ3v) is 6.07. The molecule has 0 radical (unpaired) electrons. The summed E-state index contributed by atoms with van der Waals surface area (Å²) in [5.74, 6) is -0.862. The molecule has 1 aromatic heterocycles. The fourth-order valence-corrected chi connectivity index (χ4v) is 4.39. The molecule has 2 atom stereocenters. The van der Waals surface area contributed by atoms with Crippen molar-refractivity contribution in [1.29, 1.82) is 0 Å². The Morgan fingerprint density at radius 2 is 2.18 bits per heavy atom. The van der Waals surface area contributed by atoms with Gasteiger partial charge in [0.2, 0.25) is 0 Å². The van der Waals surface area contributed by atoms with Gasteiger partial charge < -0.3 is 10.0 Å². The van der Waals surface area contributed by atoms with Gasteiger partial charge in [0.25, 0.3) is 0 Å². The van der Waals surface area contributed by atoms with Crippen molar-refractivity contribution in [2.75, 3.05) is 18.4 Å². The second kappa shape index (κ2) is 6.88. The fourth-order valence-electron chi connectivity index (χ4n) is 4.39. The number of carbonyl (C=O) groups is 2. The molecule has 9 heteroatoms. The van der Waals surface area contributed by atoms with Gasteiger partial charge in [0, 0.05) is 18.7 Å². The Bertz CT molecular complexity index is 930. The van der Waals surface area contributed by atoms with Gasteiger partial charge in [-0.1, -0.05) is 29.8 Å². The number of amides is 2. The van der Waals surface area contributed by atoms with Crippen LogP contribution in [0.3, 0.4) is 0 Å². The third-order valence-electron chi connectivity index (χ3n) is 6.07. The van der Waals surface area contributed by atoms with Gasteiger partial charge in [-0.25, -0.2) is 13.9 Å². The molecule has 4 rings (SSSR count). The summed E-state index contributed by atoms with van der Waals surface area (Å²) in [6, 6.07) is 6.04. The van der Waals surface area contributed by atoms with E-state index in [4.69, 9.17) is 0 Å². The van der Waals surface area contributed by atoms with Crippen molar-refractivity contribution in [2.45, 2.75) is 32.7 Å². The van der Waals surface area contributed by atoms with E-state index in [9.17, 15) is 19.1 Å². The van der Waals surface area contributed by atoms with Gasteiger partial charge in [-0.2, -0.15) is 0 Å². The maximum absolute atomic E-state index is 13.9. The second-order valence-electron chi connectivity index (χ2n) is 7.63. The predicted octanol–water partition coefficient (Wildman–Crippen LogP) is 2.49. The van der Waals surface area contributed by atoms with Crippen LogP contribution in [-0.2, 0) is 11.3 Å². The Kier molecular flexibility index (Phi) is 4.52. The molecule has 1 aliphatic carbocycles. The van der Waals surface area contributed by atoms with Crippen LogP contribution in [0.1, 0.15) is 30.5 Å². The summed E-state index contributed by atoms with van der Waals surface area (Å²) in [5, 5.41) is 20.4. The molecule has 28 heavy (non-hydrogen) atoms. The number of aromatic nitrogens is 3. The minimum atomic E-state index is -0.825. The molecule has 2 N–H and O–H groups in total. The molecule has 1 aliphatic heterocycles. The van der Waals surface area contributed by atoms with Gasteiger partial charge >= 0.3 is 12.0 Å². The number of fused-ring (bicyclic) bond motifs is 1. The highest BCUT2D eigenvalue weighted by Gasteiger charge is 2.55. The zero-order valence-electron chi connectivity index (χ0n) is 15.6. The first-order valence-corrected chi connectivity index (χ1v) is 9.33. The molecule has 0 spiro atoms. The highest BCUT2D eigenvalue weighted by atomic mass is 19.1. The average molecular weight is 387 g/mol. The van der Waals surface area contributed by atoms with Gasteiger partial charge in [-0.3, -0.25) is 10.1 Å². The number of nitrogens with zero attached hydrogens (tertiary/aromatic N) is 4. The number of benzene rings is 1. The molecule has 1 saturated heterocycles. The molecule has 2 heterocycles. The van der Waals surface area contributed by atoms with Crippen LogP contribution in [0.5, 0.6) is 0 Å². The summed E-state index contributed by atoms with van der Waals surface area (Å²) in [5.41, 5.74) is 0.252. The van der Waals surface area contributed by atoms with Crippen LogP contribution in [-0.4, -0.2) is 50.1 Å². The standard InChI is InChI=1S/C19H22FN5O3/c1-12-16(22-23-25(12)9-13-5-2-3-7-15(13)20)21-18(28)24-10-14-6-4-8-19(14,11-24)17(26)27/h2-3,5,7,14H,4,6,8-11H2,1H3,(H,21,28)(H,26,27)/t14-,19+/m0/s1. The predicted molar refractivity (Wildman–Crippen MR) is 98.3 cm³/mol. The molecule has 0 unspecified atom stereocenters. The number of aliphatic carboxylic acids is 1. The first-order chi connectivity index (χ1) is 13.4. The quantitative estimate of drug-likeness (QED) is 0.840. The zero-order chi connectivity index (χ0) is 19.9. The van der Waals surface area contributed by atoms with Crippen LogP contribution in [0.2, 0.25) is 0 Å². The molecular weight excluding hydrogens is 365 g/mol. The normalized spacial score (nSPS) is 23.6. The Morgan fingerprint density at radius 3 is 2.89 bits per heavy atom. The van der Waals surface area contributed by atoms with Crippen molar-refractivity contribution < 1.29 is 19.1 Å². The Hall–Kier alpha value is -2.97. The number of rotatable bonds is 4. The van der Waals surface area contributed by atoms with E-state index in [1.807, 2.05) is 0 Å². The van der Waals surface area contributed by atoms with Crippen molar-refractivity contribution >= 4 is 17.8 Å². The molecule has 148 valence electrons. The van der Waals surface area contributed by atoms with Crippen LogP contribution < -0.4 is 5.32 Å². The summed E-state index contributed by atoms with van der Waals surface area (Å²) in [6.45, 7) is 2.59. The van der Waals surface area contributed by atoms with E-state index in [2.05, 4.69) is 15.6 Å². The van der Waals surface area contributed by atoms with E-state index in [1.165, 1.54) is 10.7 Å². The minimum absolute atomic E-state index is 0.00594. The number of urea groups is 1. The molecule has 0 bridgehead atoms. The number of likely N-dealkylation sites (tertiary alicyclic amines) is 1. The van der Waals surface area contributed by atoms with E-state index in [0.29, 0.717) is 30.0 Å². The van der Waals surface area contributed by atoms with Gasteiger partial charge in [0.15, 0.2) is 5.82 Å². The van der Waals surface area contributed by atoms with Gasteiger partial charge in [0.05, 0.1) is 17.7 Å². The molecule has 2 amide bonds. The number of carbonyl (C=O) groups excluding carboxylic acids is 1. The van der Waals surface area contributed by atoms with Crippen molar-refractivity contribution in [1.82, 2.24) is 19.9 Å². The number of nitrogens with one attached hydrogen (secondary N) is 1. The third kappa shape index (κ3) is 3.00. The van der Waals surface area contributed by atoms with E-state index < -0.39 is 11.4 Å². The lowest BCUT2D eigenvalue weighted by molar-refractivity contribution is -0.149. The van der Waals surface area contributed by atoms with Crippen LogP contribution in [0.4, 0.5) is 15.0 Å². The molecule has 2 aliphatic rings. The second-order valence-corrected chi connectivity index (χ2v) is 7.63. The van der Waals surface area contributed by atoms with E-state index in [1.54, 1.807) is 30.0 Å². The first-order valence-electron chi connectivity index (χ1n) is 9.33. The van der Waals surface area contributed by atoms with Gasteiger partial charge in [-0.15, -0.1) is 5.10 Å². The summed E-state index contributed by atoms with van der Waals surface area (Å²) in [6.07, 6.45) is 2.32. The van der Waals surface area contributed by atoms with Crippen molar-refractivity contribution in [3.63, 3.8) is 0 Å². The van der Waals surface area contributed by atoms with Crippen LogP contribution >= 0.6 is 0 Å². The molecule has 1 aromatic carbocycles. The summed E-state index contributed by atoms with van der Waals surface area (Å²) < 4.78 is 15.4. The van der Waals surface area contributed by atoms with Crippen LogP contribution in [0.25, 0.3) is 0 Å². The number of carboxylic acid groups (broad SMARTS) is 1. The molecule has 2 fully saturated rings. The fraction of sp³-hybridized carbons (Fsp3) is 0.474.